The molecule has 2 nitrogen and oxygen atoms in total. The molecule has 0 spiro atoms. The highest BCUT2D eigenvalue weighted by atomic mass is 28.4. The Morgan fingerprint density at radius 2 is 0.920 bits per heavy atom. The zero-order valence-electron chi connectivity index (χ0n) is 18.4. The Bertz CT molecular complexity index is 280. The highest BCUT2D eigenvalue weighted by Crippen LogP contribution is 2.41. The van der Waals surface area contributed by atoms with Crippen molar-refractivity contribution in [2.45, 2.75) is 130 Å². The summed E-state index contributed by atoms with van der Waals surface area (Å²) < 4.78 is 12.5. The summed E-state index contributed by atoms with van der Waals surface area (Å²) in [6.45, 7) is 14.9. The Hall–Kier alpha value is 0.137. The van der Waals surface area contributed by atoms with E-state index in [0.717, 1.165) is 19.3 Å². The summed E-state index contributed by atoms with van der Waals surface area (Å²) in [6, 6.07) is 1.15. The summed E-state index contributed by atoms with van der Waals surface area (Å²) in [5.74, 6) is 0. The summed E-state index contributed by atoms with van der Waals surface area (Å²) in [6.07, 6.45) is 16.8. The van der Waals surface area contributed by atoms with Crippen molar-refractivity contribution in [2.24, 2.45) is 0 Å². The molecular weight excluding hydrogens is 324 g/mol. The molecule has 0 aromatic heterocycles. The van der Waals surface area contributed by atoms with Crippen LogP contribution in [0.3, 0.4) is 0 Å². The van der Waals surface area contributed by atoms with Crippen LogP contribution in [-0.2, 0) is 8.85 Å². The normalized spacial score (nSPS) is 12.7. The predicted octanol–water partition coefficient (Wildman–Crippen LogP) is 8.00. The molecule has 3 heteroatoms. The topological polar surface area (TPSA) is 18.5 Å². The average molecular weight is 373 g/mol. The fourth-order valence-corrected chi connectivity index (χ4v) is 7.30. The maximum Gasteiger partial charge on any atom is 0.343 e. The second-order valence-corrected chi connectivity index (χ2v) is 12.6. The van der Waals surface area contributed by atoms with Crippen molar-refractivity contribution in [3.05, 3.63) is 0 Å². The molecule has 0 aliphatic carbocycles. The maximum atomic E-state index is 6.25. The van der Waals surface area contributed by atoms with Gasteiger partial charge in [0, 0.05) is 18.3 Å². The molecule has 0 aliphatic heterocycles. The first-order valence-electron chi connectivity index (χ1n) is 11.2. The van der Waals surface area contributed by atoms with Gasteiger partial charge in [0.15, 0.2) is 0 Å². The summed E-state index contributed by atoms with van der Waals surface area (Å²) in [7, 11) is -2.09. The van der Waals surface area contributed by atoms with E-state index in [-0.39, 0.29) is 5.04 Å². The maximum absolute atomic E-state index is 6.25. The third-order valence-corrected chi connectivity index (χ3v) is 10.1. The van der Waals surface area contributed by atoms with Gasteiger partial charge in [-0.15, -0.1) is 0 Å². The van der Waals surface area contributed by atoms with E-state index in [1.807, 2.05) is 0 Å². The van der Waals surface area contributed by atoms with Crippen molar-refractivity contribution in [3.8, 4) is 0 Å². The molecule has 0 fully saturated rings. The quantitative estimate of drug-likeness (QED) is 0.190. The number of unbranched alkanes of at least 4 members (excludes halogenated alkanes) is 11. The lowest BCUT2D eigenvalue weighted by molar-refractivity contribution is 0.159. The Morgan fingerprint density at radius 3 is 1.24 bits per heavy atom. The van der Waals surface area contributed by atoms with E-state index >= 15 is 0 Å². The van der Waals surface area contributed by atoms with Crippen molar-refractivity contribution in [1.82, 2.24) is 0 Å². The van der Waals surface area contributed by atoms with Gasteiger partial charge in [0.1, 0.15) is 0 Å². The van der Waals surface area contributed by atoms with Gasteiger partial charge < -0.3 is 8.85 Å². The van der Waals surface area contributed by atoms with Gasteiger partial charge in [0.2, 0.25) is 0 Å². The zero-order chi connectivity index (χ0) is 19.0. The van der Waals surface area contributed by atoms with Crippen LogP contribution in [0.5, 0.6) is 0 Å². The lowest BCUT2D eigenvalue weighted by Crippen LogP contribution is -2.50. The molecule has 0 saturated carbocycles. The van der Waals surface area contributed by atoms with Gasteiger partial charge in [-0.1, -0.05) is 105 Å². The molecule has 0 aliphatic rings. The van der Waals surface area contributed by atoms with Gasteiger partial charge in [-0.05, 0) is 19.9 Å². The van der Waals surface area contributed by atoms with Gasteiger partial charge in [-0.2, -0.15) is 0 Å². The van der Waals surface area contributed by atoms with Crippen LogP contribution in [0.2, 0.25) is 11.1 Å². The highest BCUT2D eigenvalue weighted by molar-refractivity contribution is 6.70. The molecule has 25 heavy (non-hydrogen) atoms. The first-order valence-corrected chi connectivity index (χ1v) is 13.2. The van der Waals surface area contributed by atoms with E-state index < -0.39 is 8.56 Å². The minimum absolute atomic E-state index is 0.150. The Morgan fingerprint density at radius 1 is 0.560 bits per heavy atom. The van der Waals surface area contributed by atoms with Gasteiger partial charge in [0.25, 0.3) is 0 Å². The number of rotatable bonds is 17. The zero-order valence-corrected chi connectivity index (χ0v) is 19.4. The lowest BCUT2D eigenvalue weighted by Gasteiger charge is -2.40. The number of hydrogen-bond donors (Lipinski definition) is 0. The van der Waals surface area contributed by atoms with Crippen LogP contribution in [-0.4, -0.2) is 21.8 Å². The van der Waals surface area contributed by atoms with Gasteiger partial charge in [0.05, 0.1) is 0 Å². The van der Waals surface area contributed by atoms with Crippen molar-refractivity contribution in [1.29, 1.82) is 0 Å². The Labute approximate surface area is 160 Å². The standard InChI is InChI=1S/C22H48O2Si/c1-7-10-11-12-13-14-15-16-17-18-19-20-21-25(23-8-2,24-9-3)22(4,5)6/h7-21H2,1-6H3. The molecule has 152 valence electrons. The molecule has 0 amide bonds. The van der Waals surface area contributed by atoms with Crippen LogP contribution >= 0.6 is 0 Å². The smallest absolute Gasteiger partial charge is 0.343 e. The monoisotopic (exact) mass is 372 g/mol. The summed E-state index contributed by atoms with van der Waals surface area (Å²) in [5, 5.41) is 0.150. The second kappa shape index (κ2) is 15.2. The van der Waals surface area contributed by atoms with Crippen LogP contribution in [0.4, 0.5) is 0 Å². The van der Waals surface area contributed by atoms with Gasteiger partial charge in [-0.25, -0.2) is 0 Å². The van der Waals surface area contributed by atoms with E-state index in [9.17, 15) is 0 Å². The average Bonchev–Trinajstić information content (AvgIpc) is 2.55. The van der Waals surface area contributed by atoms with E-state index in [2.05, 4.69) is 41.5 Å². The van der Waals surface area contributed by atoms with Crippen molar-refractivity contribution >= 4 is 8.56 Å². The van der Waals surface area contributed by atoms with Gasteiger partial charge >= 0.3 is 8.56 Å². The molecule has 0 bridgehead atoms. The first kappa shape index (κ1) is 25.1. The third kappa shape index (κ3) is 11.5. The molecular formula is C22H48O2Si. The van der Waals surface area contributed by atoms with Crippen molar-refractivity contribution < 1.29 is 8.85 Å². The van der Waals surface area contributed by atoms with E-state index in [1.165, 1.54) is 77.0 Å². The largest absolute Gasteiger partial charge is 0.394 e. The van der Waals surface area contributed by atoms with Crippen LogP contribution in [0.15, 0.2) is 0 Å². The Balaban J connectivity index is 3.82. The van der Waals surface area contributed by atoms with Crippen LogP contribution in [0, 0.1) is 0 Å². The molecule has 0 radical (unpaired) electrons. The lowest BCUT2D eigenvalue weighted by atomic mass is 10.1. The van der Waals surface area contributed by atoms with Crippen LogP contribution in [0.25, 0.3) is 0 Å². The summed E-state index contributed by atoms with van der Waals surface area (Å²) in [5.41, 5.74) is 0. The first-order chi connectivity index (χ1) is 11.9. The summed E-state index contributed by atoms with van der Waals surface area (Å²) >= 11 is 0. The van der Waals surface area contributed by atoms with Crippen LogP contribution in [0.1, 0.15) is 119 Å². The van der Waals surface area contributed by atoms with Crippen molar-refractivity contribution in [2.75, 3.05) is 13.2 Å². The van der Waals surface area contributed by atoms with E-state index in [4.69, 9.17) is 8.85 Å². The molecule has 0 unspecified atom stereocenters. The molecule has 0 aromatic carbocycles. The minimum atomic E-state index is -2.09. The molecule has 0 rings (SSSR count). The predicted molar refractivity (Wildman–Crippen MR) is 115 cm³/mol. The van der Waals surface area contributed by atoms with Crippen molar-refractivity contribution in [3.63, 3.8) is 0 Å². The molecule has 0 heterocycles. The minimum Gasteiger partial charge on any atom is -0.394 e. The molecule has 0 saturated heterocycles. The van der Waals surface area contributed by atoms with E-state index in [0.29, 0.717) is 0 Å². The van der Waals surface area contributed by atoms with E-state index in [1.54, 1.807) is 0 Å². The third-order valence-electron chi connectivity index (χ3n) is 5.26. The Kier molecular flexibility index (Phi) is 15.3. The molecule has 0 N–H and O–H groups in total. The molecule has 0 atom stereocenters. The van der Waals surface area contributed by atoms with Gasteiger partial charge in [-0.3, -0.25) is 0 Å². The highest BCUT2D eigenvalue weighted by Gasteiger charge is 2.48. The fraction of sp³-hybridized carbons (Fsp3) is 1.00. The fourth-order valence-electron chi connectivity index (χ4n) is 3.66. The number of hydrogen-bond acceptors (Lipinski definition) is 2. The molecule has 0 aromatic rings. The second-order valence-electron chi connectivity index (χ2n) is 8.51. The summed E-state index contributed by atoms with van der Waals surface area (Å²) in [4.78, 5) is 0. The SMILES string of the molecule is CCCCCCCCCCCCCC[Si](OCC)(OCC)C(C)(C)C. The van der Waals surface area contributed by atoms with Crippen LogP contribution < -0.4 is 0 Å².